The minimum absolute atomic E-state index is 0.00130. The number of likely N-dealkylation sites (tertiary alicyclic amines) is 1. The molecule has 1 amide bonds. The van der Waals surface area contributed by atoms with E-state index in [0.29, 0.717) is 17.9 Å². The maximum atomic E-state index is 12.7. The Kier molecular flexibility index (Phi) is 2.76. The van der Waals surface area contributed by atoms with Gasteiger partial charge in [0, 0.05) is 24.8 Å². The fourth-order valence-corrected chi connectivity index (χ4v) is 4.22. The fraction of sp³-hybridized carbons (Fsp3) is 0.625. The summed E-state index contributed by atoms with van der Waals surface area (Å²) >= 11 is 0. The second-order valence-electron chi connectivity index (χ2n) is 6.82. The summed E-state index contributed by atoms with van der Waals surface area (Å²) < 4.78 is 2.06. The van der Waals surface area contributed by atoms with Crippen LogP contribution in [0.5, 0.6) is 0 Å². The van der Waals surface area contributed by atoms with Gasteiger partial charge in [-0.15, -0.1) is 0 Å². The van der Waals surface area contributed by atoms with Crippen LogP contribution in [-0.2, 0) is 4.79 Å². The Morgan fingerprint density at radius 3 is 2.57 bits per heavy atom. The van der Waals surface area contributed by atoms with Crippen LogP contribution in [0.2, 0.25) is 0 Å². The third-order valence-corrected chi connectivity index (χ3v) is 5.37. The molecule has 5 heteroatoms. The molecule has 0 aromatic carbocycles. The molecule has 112 valence electrons. The second kappa shape index (κ2) is 4.44. The average Bonchev–Trinajstić information content (AvgIpc) is 3.03. The lowest BCUT2D eigenvalue weighted by Crippen LogP contribution is -2.56. The normalized spacial score (nSPS) is 34.5. The smallest absolute Gasteiger partial charge is 0.228 e. The predicted octanol–water partition coefficient (Wildman–Crippen LogP) is 1.03. The molecule has 2 aliphatic carbocycles. The zero-order chi connectivity index (χ0) is 14.7. The number of amides is 1. The lowest BCUT2D eigenvalue weighted by Gasteiger charge is -2.42. The van der Waals surface area contributed by atoms with Crippen LogP contribution in [0, 0.1) is 31.6 Å². The molecule has 2 N–H and O–H groups in total. The van der Waals surface area contributed by atoms with Crippen LogP contribution in [0.1, 0.15) is 23.9 Å². The molecule has 2 fully saturated rings. The highest BCUT2D eigenvalue weighted by Crippen LogP contribution is 2.44. The zero-order valence-corrected chi connectivity index (χ0v) is 12.6. The first kappa shape index (κ1) is 13.1. The minimum atomic E-state index is 0.00130. The van der Waals surface area contributed by atoms with Crippen molar-refractivity contribution in [2.45, 2.75) is 32.4 Å². The van der Waals surface area contributed by atoms with E-state index in [0.717, 1.165) is 25.2 Å². The van der Waals surface area contributed by atoms with E-state index >= 15 is 0 Å². The molecule has 2 bridgehead atoms. The summed E-state index contributed by atoms with van der Waals surface area (Å²) in [5, 5.41) is 4.52. The number of carbonyl (C=O) groups excluding carboxylic acids is 1. The molecule has 1 aromatic rings. The first-order chi connectivity index (χ1) is 10.0. The topological polar surface area (TPSA) is 64.2 Å². The lowest BCUT2D eigenvalue weighted by molar-refractivity contribution is -0.143. The molecule has 0 radical (unpaired) electrons. The summed E-state index contributed by atoms with van der Waals surface area (Å²) in [7, 11) is 0. The Bertz CT molecular complexity index is 614. The molecular weight excluding hydrogens is 264 g/mol. The summed E-state index contributed by atoms with van der Waals surface area (Å²) in [5.41, 5.74) is 8.45. The molecule has 3 aliphatic rings. The Morgan fingerprint density at radius 2 is 2.00 bits per heavy atom. The van der Waals surface area contributed by atoms with Crippen molar-refractivity contribution >= 4 is 5.91 Å². The SMILES string of the molecule is Cc1cc(C)n(C2CN(C(=O)[C@H]3[C@@H](N)[C@H]4C=C[C@@H]3C4)C2)n1. The molecule has 2 heterocycles. The second-order valence-corrected chi connectivity index (χ2v) is 6.82. The van der Waals surface area contributed by atoms with Crippen molar-refractivity contribution in [2.75, 3.05) is 13.1 Å². The van der Waals surface area contributed by atoms with E-state index in [9.17, 15) is 4.79 Å². The number of nitrogens with two attached hydrogens (primary N) is 1. The van der Waals surface area contributed by atoms with Gasteiger partial charge in [0.25, 0.3) is 0 Å². The summed E-state index contributed by atoms with van der Waals surface area (Å²) in [6.45, 7) is 5.61. The third kappa shape index (κ3) is 1.87. The highest BCUT2D eigenvalue weighted by molar-refractivity contribution is 5.82. The van der Waals surface area contributed by atoms with E-state index in [1.807, 2.05) is 11.8 Å². The van der Waals surface area contributed by atoms with Gasteiger partial charge in [0.15, 0.2) is 0 Å². The number of aromatic nitrogens is 2. The Morgan fingerprint density at radius 1 is 1.29 bits per heavy atom. The summed E-state index contributed by atoms with van der Waals surface area (Å²) in [4.78, 5) is 14.6. The summed E-state index contributed by atoms with van der Waals surface area (Å²) in [5.74, 6) is 1.03. The molecular formula is C16H22N4O. The molecule has 1 aromatic heterocycles. The van der Waals surface area contributed by atoms with E-state index in [2.05, 4.69) is 34.9 Å². The van der Waals surface area contributed by atoms with E-state index in [-0.39, 0.29) is 17.9 Å². The number of hydrogen-bond donors (Lipinski definition) is 1. The van der Waals surface area contributed by atoms with Crippen LogP contribution in [0.15, 0.2) is 18.2 Å². The molecule has 0 unspecified atom stereocenters. The molecule has 1 aliphatic heterocycles. The van der Waals surface area contributed by atoms with Crippen LogP contribution in [0.4, 0.5) is 0 Å². The van der Waals surface area contributed by atoms with Crippen molar-refractivity contribution in [1.82, 2.24) is 14.7 Å². The zero-order valence-electron chi connectivity index (χ0n) is 12.6. The first-order valence-electron chi connectivity index (χ1n) is 7.80. The number of fused-ring (bicyclic) bond motifs is 2. The molecule has 0 spiro atoms. The first-order valence-corrected chi connectivity index (χ1v) is 7.80. The monoisotopic (exact) mass is 286 g/mol. The van der Waals surface area contributed by atoms with Gasteiger partial charge in [0.1, 0.15) is 0 Å². The Balaban J connectivity index is 1.43. The number of carbonyl (C=O) groups is 1. The summed E-state index contributed by atoms with van der Waals surface area (Å²) in [6, 6.07) is 2.43. The molecule has 4 rings (SSSR count). The van der Waals surface area contributed by atoms with Gasteiger partial charge in [-0.25, -0.2) is 0 Å². The maximum Gasteiger partial charge on any atom is 0.228 e. The van der Waals surface area contributed by atoms with Gasteiger partial charge in [-0.3, -0.25) is 9.48 Å². The van der Waals surface area contributed by atoms with Crippen LogP contribution < -0.4 is 5.73 Å². The lowest BCUT2D eigenvalue weighted by atomic mass is 9.87. The van der Waals surface area contributed by atoms with E-state index < -0.39 is 0 Å². The highest BCUT2D eigenvalue weighted by Gasteiger charge is 2.49. The van der Waals surface area contributed by atoms with Gasteiger partial charge in [-0.1, -0.05) is 12.2 Å². The number of hydrogen-bond acceptors (Lipinski definition) is 3. The van der Waals surface area contributed by atoms with Crippen molar-refractivity contribution in [3.05, 3.63) is 29.6 Å². The van der Waals surface area contributed by atoms with Gasteiger partial charge in [0.05, 0.1) is 17.7 Å². The van der Waals surface area contributed by atoms with E-state index in [1.54, 1.807) is 0 Å². The van der Waals surface area contributed by atoms with E-state index in [4.69, 9.17) is 5.73 Å². The van der Waals surface area contributed by atoms with Gasteiger partial charge in [-0.05, 0) is 38.2 Å². The quantitative estimate of drug-likeness (QED) is 0.826. The minimum Gasteiger partial charge on any atom is -0.338 e. The largest absolute Gasteiger partial charge is 0.338 e. The molecule has 21 heavy (non-hydrogen) atoms. The van der Waals surface area contributed by atoms with Crippen molar-refractivity contribution in [1.29, 1.82) is 0 Å². The maximum absolute atomic E-state index is 12.7. The van der Waals surface area contributed by atoms with Crippen LogP contribution in [0.3, 0.4) is 0 Å². The fourth-order valence-electron chi connectivity index (χ4n) is 4.22. The molecule has 1 saturated heterocycles. The van der Waals surface area contributed by atoms with Gasteiger partial charge >= 0.3 is 0 Å². The summed E-state index contributed by atoms with van der Waals surface area (Å²) in [6.07, 6.45) is 5.44. The van der Waals surface area contributed by atoms with Crippen LogP contribution in [-0.4, -0.2) is 39.7 Å². The molecule has 1 saturated carbocycles. The average molecular weight is 286 g/mol. The number of allylic oxidation sites excluding steroid dienone is 1. The van der Waals surface area contributed by atoms with Crippen LogP contribution in [0.25, 0.3) is 0 Å². The van der Waals surface area contributed by atoms with Gasteiger partial charge in [0.2, 0.25) is 5.91 Å². The van der Waals surface area contributed by atoms with Gasteiger partial charge in [-0.2, -0.15) is 5.10 Å². The number of rotatable bonds is 2. The van der Waals surface area contributed by atoms with Crippen molar-refractivity contribution in [3.63, 3.8) is 0 Å². The van der Waals surface area contributed by atoms with Crippen LogP contribution >= 0.6 is 0 Å². The van der Waals surface area contributed by atoms with Gasteiger partial charge < -0.3 is 10.6 Å². The van der Waals surface area contributed by atoms with Crippen molar-refractivity contribution in [2.24, 2.45) is 23.5 Å². The van der Waals surface area contributed by atoms with Crippen molar-refractivity contribution in [3.8, 4) is 0 Å². The predicted molar refractivity (Wildman–Crippen MR) is 79.5 cm³/mol. The molecule has 5 nitrogen and oxygen atoms in total. The molecule has 4 atom stereocenters. The standard InChI is InChI=1S/C16H22N4O/c1-9-5-10(2)20(18-9)13-7-19(8-13)16(21)14-11-3-4-12(6-11)15(14)17/h3-5,11-15H,6-8,17H2,1-2H3/t11-,12+,14-,15+/m1/s1. The third-order valence-electron chi connectivity index (χ3n) is 5.37. The Hall–Kier alpha value is -1.62. The number of nitrogens with zero attached hydrogens (tertiary/aromatic N) is 3. The van der Waals surface area contributed by atoms with Crippen molar-refractivity contribution < 1.29 is 4.79 Å². The number of aryl methyl sites for hydroxylation is 2. The highest BCUT2D eigenvalue weighted by atomic mass is 16.2. The Labute approximate surface area is 124 Å². The van der Waals surface area contributed by atoms with E-state index in [1.165, 1.54) is 5.69 Å².